The molecule has 1 aromatic rings. The molecular weight excluding hydrogens is 260 g/mol. The van der Waals surface area contributed by atoms with E-state index in [9.17, 15) is 0 Å². The van der Waals surface area contributed by atoms with Gasteiger partial charge in [0.15, 0.2) is 0 Å². The second-order valence-corrected chi connectivity index (χ2v) is 7.08. The van der Waals surface area contributed by atoms with Gasteiger partial charge >= 0.3 is 0 Å². The van der Waals surface area contributed by atoms with Gasteiger partial charge in [0, 0.05) is 39.1 Å². The monoisotopic (exact) mass is 290 g/mol. The predicted octanol–water partition coefficient (Wildman–Crippen LogP) is 2.58. The minimum Gasteiger partial charge on any atom is -0.337 e. The van der Waals surface area contributed by atoms with Crippen LogP contribution < -0.4 is 5.32 Å². The summed E-state index contributed by atoms with van der Waals surface area (Å²) < 4.78 is 2.17. The molecule has 1 aromatic heterocycles. The summed E-state index contributed by atoms with van der Waals surface area (Å²) in [6, 6.07) is 0.444. The van der Waals surface area contributed by atoms with Crippen molar-refractivity contribution >= 4 is 0 Å². The van der Waals surface area contributed by atoms with E-state index in [1.807, 2.05) is 6.20 Å². The topological polar surface area (TPSA) is 33.1 Å². The third-order valence-electron chi connectivity index (χ3n) is 5.38. The lowest BCUT2D eigenvalue weighted by molar-refractivity contribution is 0.133. The zero-order valence-corrected chi connectivity index (χ0v) is 13.6. The van der Waals surface area contributed by atoms with Crippen molar-refractivity contribution in [2.45, 2.75) is 45.1 Å². The van der Waals surface area contributed by atoms with Crippen molar-refractivity contribution in [2.75, 3.05) is 26.2 Å². The Balaban J connectivity index is 1.58. The first-order valence-corrected chi connectivity index (χ1v) is 8.66. The molecule has 2 heterocycles. The number of aromatic nitrogens is 2. The third kappa shape index (κ3) is 3.67. The Morgan fingerprint density at radius 1 is 1.38 bits per heavy atom. The van der Waals surface area contributed by atoms with Crippen LogP contribution >= 0.6 is 0 Å². The Hall–Kier alpha value is -0.870. The Bertz CT molecular complexity index is 442. The van der Waals surface area contributed by atoms with Crippen LogP contribution in [0.5, 0.6) is 0 Å². The highest BCUT2D eigenvalue weighted by Crippen LogP contribution is 2.31. The molecule has 0 aromatic carbocycles. The maximum absolute atomic E-state index is 4.58. The van der Waals surface area contributed by atoms with E-state index in [-0.39, 0.29) is 0 Å². The fourth-order valence-electron chi connectivity index (χ4n) is 4.14. The molecule has 1 saturated heterocycles. The molecule has 2 fully saturated rings. The fourth-order valence-corrected chi connectivity index (χ4v) is 4.14. The molecule has 1 aliphatic heterocycles. The quantitative estimate of drug-likeness (QED) is 0.925. The van der Waals surface area contributed by atoms with Crippen LogP contribution in [0.15, 0.2) is 12.4 Å². The summed E-state index contributed by atoms with van der Waals surface area (Å²) in [6.07, 6.45) is 11.1. The van der Waals surface area contributed by atoms with Gasteiger partial charge in [-0.1, -0.05) is 26.2 Å². The molecule has 0 amide bonds. The van der Waals surface area contributed by atoms with Crippen LogP contribution in [0.1, 0.15) is 50.9 Å². The highest BCUT2D eigenvalue weighted by Gasteiger charge is 2.27. The van der Waals surface area contributed by atoms with Crippen molar-refractivity contribution < 1.29 is 0 Å². The van der Waals surface area contributed by atoms with Gasteiger partial charge in [-0.05, 0) is 31.2 Å². The molecule has 1 N–H and O–H groups in total. The van der Waals surface area contributed by atoms with Gasteiger partial charge in [-0.2, -0.15) is 0 Å². The highest BCUT2D eigenvalue weighted by atomic mass is 15.3. The first-order chi connectivity index (χ1) is 10.2. The zero-order chi connectivity index (χ0) is 14.7. The second-order valence-electron chi connectivity index (χ2n) is 7.08. The number of imidazole rings is 1. The summed E-state index contributed by atoms with van der Waals surface area (Å²) in [6.45, 7) is 6.96. The number of piperazine rings is 1. The van der Waals surface area contributed by atoms with Crippen molar-refractivity contribution in [1.29, 1.82) is 0 Å². The Morgan fingerprint density at radius 2 is 2.29 bits per heavy atom. The normalized spacial score (nSPS) is 31.4. The maximum atomic E-state index is 4.58. The first-order valence-electron chi connectivity index (χ1n) is 8.66. The summed E-state index contributed by atoms with van der Waals surface area (Å²) in [5.74, 6) is 3.10. The van der Waals surface area contributed by atoms with Crippen LogP contribution in [0.4, 0.5) is 0 Å². The largest absolute Gasteiger partial charge is 0.337 e. The number of nitrogens with zero attached hydrogens (tertiary/aromatic N) is 3. The highest BCUT2D eigenvalue weighted by molar-refractivity contribution is 5.02. The van der Waals surface area contributed by atoms with E-state index in [4.69, 9.17) is 0 Å². The minimum absolute atomic E-state index is 0.444. The summed E-state index contributed by atoms with van der Waals surface area (Å²) in [4.78, 5) is 7.23. The molecule has 0 bridgehead atoms. The maximum Gasteiger partial charge on any atom is 0.127 e. The van der Waals surface area contributed by atoms with E-state index in [1.165, 1.54) is 44.5 Å². The molecule has 3 atom stereocenters. The van der Waals surface area contributed by atoms with E-state index in [2.05, 4.69) is 39.9 Å². The van der Waals surface area contributed by atoms with Gasteiger partial charge in [0.25, 0.3) is 0 Å². The molecule has 0 radical (unpaired) electrons. The van der Waals surface area contributed by atoms with Gasteiger partial charge in [-0.3, -0.25) is 4.90 Å². The number of hydrogen-bond donors (Lipinski definition) is 1. The number of nitrogens with one attached hydrogen (secondary N) is 1. The molecule has 3 rings (SSSR count). The molecule has 4 heteroatoms. The first kappa shape index (κ1) is 15.0. The molecule has 3 unspecified atom stereocenters. The van der Waals surface area contributed by atoms with Crippen LogP contribution in [-0.4, -0.2) is 40.6 Å². The standard InChI is InChI=1S/C17H30N4/c1-14-4-3-5-15(12-14)6-9-21-11-7-18-13-16(21)17-19-8-10-20(17)2/h8,10,14-16,18H,3-7,9,11-13H2,1-2H3. The van der Waals surface area contributed by atoms with E-state index in [1.54, 1.807) is 0 Å². The SMILES string of the molecule is CC1CCCC(CCN2CCNCC2c2nccn2C)C1. The number of rotatable bonds is 4. The van der Waals surface area contributed by atoms with Gasteiger partial charge < -0.3 is 9.88 Å². The van der Waals surface area contributed by atoms with Crippen LogP contribution in [0, 0.1) is 11.8 Å². The van der Waals surface area contributed by atoms with Crippen molar-refractivity contribution in [3.8, 4) is 0 Å². The van der Waals surface area contributed by atoms with Gasteiger partial charge in [-0.25, -0.2) is 4.98 Å². The summed E-state index contributed by atoms with van der Waals surface area (Å²) in [5, 5.41) is 3.53. The molecule has 1 aliphatic carbocycles. The average Bonchev–Trinajstić information content (AvgIpc) is 2.91. The van der Waals surface area contributed by atoms with Crippen molar-refractivity contribution in [3.05, 3.63) is 18.2 Å². The van der Waals surface area contributed by atoms with Gasteiger partial charge in [0.2, 0.25) is 0 Å². The Kier molecular flexibility index (Phi) is 4.96. The predicted molar refractivity (Wildman–Crippen MR) is 86.1 cm³/mol. The third-order valence-corrected chi connectivity index (χ3v) is 5.38. The minimum atomic E-state index is 0.444. The second kappa shape index (κ2) is 6.93. The van der Waals surface area contributed by atoms with E-state index < -0.39 is 0 Å². The molecule has 118 valence electrons. The van der Waals surface area contributed by atoms with E-state index >= 15 is 0 Å². The fraction of sp³-hybridized carbons (Fsp3) is 0.824. The summed E-state index contributed by atoms with van der Waals surface area (Å²) >= 11 is 0. The molecule has 1 saturated carbocycles. The summed E-state index contributed by atoms with van der Waals surface area (Å²) in [7, 11) is 2.11. The molecule has 21 heavy (non-hydrogen) atoms. The van der Waals surface area contributed by atoms with Gasteiger partial charge in [0.1, 0.15) is 5.82 Å². The molecule has 2 aliphatic rings. The molecule has 0 spiro atoms. The van der Waals surface area contributed by atoms with E-state index in [0.717, 1.165) is 31.5 Å². The van der Waals surface area contributed by atoms with Crippen LogP contribution in [-0.2, 0) is 7.05 Å². The average molecular weight is 290 g/mol. The van der Waals surface area contributed by atoms with Crippen molar-refractivity contribution in [1.82, 2.24) is 19.8 Å². The van der Waals surface area contributed by atoms with Crippen molar-refractivity contribution in [3.63, 3.8) is 0 Å². The lowest BCUT2D eigenvalue weighted by atomic mass is 9.81. The zero-order valence-electron chi connectivity index (χ0n) is 13.6. The Labute approximate surface area is 128 Å². The van der Waals surface area contributed by atoms with E-state index in [0.29, 0.717) is 6.04 Å². The smallest absolute Gasteiger partial charge is 0.127 e. The lowest BCUT2D eigenvalue weighted by Crippen LogP contribution is -2.47. The van der Waals surface area contributed by atoms with Crippen molar-refractivity contribution in [2.24, 2.45) is 18.9 Å². The van der Waals surface area contributed by atoms with Gasteiger partial charge in [0.05, 0.1) is 6.04 Å². The summed E-state index contributed by atoms with van der Waals surface area (Å²) in [5.41, 5.74) is 0. The lowest BCUT2D eigenvalue weighted by Gasteiger charge is -2.37. The molecule has 4 nitrogen and oxygen atoms in total. The van der Waals surface area contributed by atoms with Gasteiger partial charge in [-0.15, -0.1) is 0 Å². The number of hydrogen-bond acceptors (Lipinski definition) is 3. The van der Waals surface area contributed by atoms with Crippen LogP contribution in [0.25, 0.3) is 0 Å². The van der Waals surface area contributed by atoms with Crippen LogP contribution in [0.3, 0.4) is 0 Å². The molecular formula is C17H30N4. The Morgan fingerprint density at radius 3 is 3.05 bits per heavy atom. The van der Waals surface area contributed by atoms with Crippen LogP contribution in [0.2, 0.25) is 0 Å². The number of aryl methyl sites for hydroxylation is 1.